The van der Waals surface area contributed by atoms with Gasteiger partial charge in [-0.1, -0.05) is 0 Å². The number of benzene rings is 2. The second-order valence-electron chi connectivity index (χ2n) is 7.74. The summed E-state index contributed by atoms with van der Waals surface area (Å²) in [6.07, 6.45) is 3.60. The minimum Gasteiger partial charge on any atom is -0.484 e. The Morgan fingerprint density at radius 3 is 2.41 bits per heavy atom. The van der Waals surface area contributed by atoms with Crippen molar-refractivity contribution in [1.82, 2.24) is 9.97 Å². The van der Waals surface area contributed by atoms with Crippen LogP contribution in [0, 0.1) is 12.7 Å². The molecule has 3 aromatic rings. The fourth-order valence-corrected chi connectivity index (χ4v) is 3.51. The van der Waals surface area contributed by atoms with Gasteiger partial charge in [-0.15, -0.1) is 0 Å². The monoisotopic (exact) mass is 435 g/mol. The third kappa shape index (κ3) is 5.94. The Labute approximate surface area is 186 Å². The van der Waals surface area contributed by atoms with Crippen LogP contribution in [0.1, 0.15) is 25.0 Å². The second-order valence-corrected chi connectivity index (χ2v) is 7.74. The molecule has 2 aromatic carbocycles. The van der Waals surface area contributed by atoms with Crippen molar-refractivity contribution in [1.29, 1.82) is 0 Å². The molecule has 1 fully saturated rings. The molecule has 2 N–H and O–H groups in total. The Hall–Kier alpha value is -3.68. The molecule has 7 nitrogen and oxygen atoms in total. The van der Waals surface area contributed by atoms with Gasteiger partial charge in [0.25, 0.3) is 5.91 Å². The lowest BCUT2D eigenvalue weighted by atomic mass is 10.1. The van der Waals surface area contributed by atoms with Gasteiger partial charge in [0.05, 0.1) is 0 Å². The zero-order valence-corrected chi connectivity index (χ0v) is 18.0. The number of carbonyl (C=O) groups excluding carboxylic acids is 1. The molecule has 0 aliphatic carbocycles. The molecule has 1 saturated heterocycles. The van der Waals surface area contributed by atoms with Crippen molar-refractivity contribution in [3.63, 3.8) is 0 Å². The molecule has 2 heterocycles. The van der Waals surface area contributed by atoms with E-state index in [0.717, 1.165) is 36.2 Å². The van der Waals surface area contributed by atoms with Crippen molar-refractivity contribution in [2.24, 2.45) is 0 Å². The first-order chi connectivity index (χ1) is 15.5. The molecule has 32 heavy (non-hydrogen) atoms. The highest BCUT2D eigenvalue weighted by Gasteiger charge is 2.14. The summed E-state index contributed by atoms with van der Waals surface area (Å²) >= 11 is 0. The van der Waals surface area contributed by atoms with Crippen LogP contribution in [0.3, 0.4) is 0 Å². The standard InChI is InChI=1S/C24H26FN5O2/c1-17-15-22(29-24(26-17)30-13-3-2-4-14-30)27-19-7-9-20(10-8-19)28-23(31)16-32-21-11-5-18(25)6-12-21/h5-12,15H,2-4,13-14,16H2,1H3,(H,28,31)(H,26,27,29). The summed E-state index contributed by atoms with van der Waals surface area (Å²) in [5.74, 6) is 1.29. The lowest BCUT2D eigenvalue weighted by Gasteiger charge is -2.27. The first kappa shape index (κ1) is 21.5. The zero-order valence-electron chi connectivity index (χ0n) is 18.0. The number of amides is 1. The maximum Gasteiger partial charge on any atom is 0.262 e. The molecular weight excluding hydrogens is 409 g/mol. The number of halogens is 1. The normalized spacial score (nSPS) is 13.5. The Morgan fingerprint density at radius 2 is 1.69 bits per heavy atom. The third-order valence-corrected chi connectivity index (χ3v) is 5.11. The molecule has 1 aliphatic heterocycles. The number of hydrogen-bond acceptors (Lipinski definition) is 6. The van der Waals surface area contributed by atoms with Crippen LogP contribution >= 0.6 is 0 Å². The number of aromatic nitrogens is 2. The van der Waals surface area contributed by atoms with Crippen molar-refractivity contribution in [2.45, 2.75) is 26.2 Å². The summed E-state index contributed by atoms with van der Waals surface area (Å²) in [4.78, 5) is 23.6. The van der Waals surface area contributed by atoms with Crippen LogP contribution in [-0.4, -0.2) is 35.6 Å². The van der Waals surface area contributed by atoms with E-state index in [1.807, 2.05) is 25.1 Å². The van der Waals surface area contributed by atoms with Crippen molar-refractivity contribution in [3.05, 3.63) is 66.1 Å². The van der Waals surface area contributed by atoms with Gasteiger partial charge in [-0.05, 0) is 74.7 Å². The molecule has 166 valence electrons. The van der Waals surface area contributed by atoms with Crippen molar-refractivity contribution < 1.29 is 13.9 Å². The van der Waals surface area contributed by atoms with E-state index in [4.69, 9.17) is 4.74 Å². The lowest BCUT2D eigenvalue weighted by molar-refractivity contribution is -0.118. The van der Waals surface area contributed by atoms with E-state index in [9.17, 15) is 9.18 Å². The Kier molecular flexibility index (Phi) is 6.79. The lowest BCUT2D eigenvalue weighted by Crippen LogP contribution is -2.31. The number of nitrogens with zero attached hydrogens (tertiary/aromatic N) is 3. The number of aryl methyl sites for hydroxylation is 1. The average molecular weight is 436 g/mol. The molecule has 1 aromatic heterocycles. The number of carbonyl (C=O) groups is 1. The second kappa shape index (κ2) is 10.1. The molecule has 0 unspecified atom stereocenters. The Morgan fingerprint density at radius 1 is 1.00 bits per heavy atom. The van der Waals surface area contributed by atoms with Crippen molar-refractivity contribution in [3.8, 4) is 5.75 Å². The largest absolute Gasteiger partial charge is 0.484 e. The topological polar surface area (TPSA) is 79.4 Å². The van der Waals surface area contributed by atoms with Crippen LogP contribution in [-0.2, 0) is 4.79 Å². The average Bonchev–Trinajstić information content (AvgIpc) is 2.80. The minimum atomic E-state index is -0.352. The van der Waals surface area contributed by atoms with Gasteiger partial charge in [-0.25, -0.2) is 9.37 Å². The summed E-state index contributed by atoms with van der Waals surface area (Å²) in [6, 6.07) is 14.8. The molecule has 0 atom stereocenters. The molecule has 1 aliphatic rings. The Bertz CT molecular complexity index is 1050. The van der Waals surface area contributed by atoms with E-state index >= 15 is 0 Å². The number of rotatable bonds is 7. The fraction of sp³-hybridized carbons (Fsp3) is 0.292. The van der Waals surface area contributed by atoms with Gasteiger partial charge in [-0.3, -0.25) is 4.79 Å². The van der Waals surface area contributed by atoms with Gasteiger partial charge in [0, 0.05) is 36.2 Å². The maximum absolute atomic E-state index is 12.9. The van der Waals surface area contributed by atoms with Gasteiger partial charge >= 0.3 is 0 Å². The zero-order chi connectivity index (χ0) is 22.3. The summed E-state index contributed by atoms with van der Waals surface area (Å²) in [5, 5.41) is 6.09. The smallest absolute Gasteiger partial charge is 0.262 e. The quantitative estimate of drug-likeness (QED) is 0.561. The van der Waals surface area contributed by atoms with Crippen LogP contribution in [0.2, 0.25) is 0 Å². The highest BCUT2D eigenvalue weighted by Crippen LogP contribution is 2.22. The van der Waals surface area contributed by atoms with E-state index in [0.29, 0.717) is 11.4 Å². The number of piperidine rings is 1. The van der Waals surface area contributed by atoms with E-state index in [1.54, 1.807) is 12.1 Å². The highest BCUT2D eigenvalue weighted by molar-refractivity contribution is 5.92. The van der Waals surface area contributed by atoms with Crippen molar-refractivity contribution in [2.75, 3.05) is 35.2 Å². The molecule has 0 bridgehead atoms. The van der Waals surface area contributed by atoms with Crippen LogP contribution in [0.4, 0.5) is 27.5 Å². The molecule has 0 radical (unpaired) electrons. The third-order valence-electron chi connectivity index (χ3n) is 5.11. The predicted octanol–water partition coefficient (Wildman–Crippen LogP) is 4.68. The molecular formula is C24H26FN5O2. The molecule has 4 rings (SSSR count). The van der Waals surface area contributed by atoms with E-state index < -0.39 is 0 Å². The summed E-state index contributed by atoms with van der Waals surface area (Å²) in [7, 11) is 0. The number of anilines is 4. The highest BCUT2D eigenvalue weighted by atomic mass is 19.1. The van der Waals surface area contributed by atoms with Crippen LogP contribution in [0.15, 0.2) is 54.6 Å². The van der Waals surface area contributed by atoms with Gasteiger partial charge < -0.3 is 20.3 Å². The van der Waals surface area contributed by atoms with Crippen molar-refractivity contribution >= 4 is 29.0 Å². The fourth-order valence-electron chi connectivity index (χ4n) is 3.51. The van der Waals surface area contributed by atoms with Gasteiger partial charge in [0.1, 0.15) is 17.4 Å². The van der Waals surface area contributed by atoms with Crippen LogP contribution in [0.25, 0.3) is 0 Å². The van der Waals surface area contributed by atoms with Gasteiger partial charge in [0.15, 0.2) is 6.61 Å². The van der Waals surface area contributed by atoms with Gasteiger partial charge in [0.2, 0.25) is 5.95 Å². The molecule has 1 amide bonds. The van der Waals surface area contributed by atoms with E-state index in [1.165, 1.54) is 43.5 Å². The van der Waals surface area contributed by atoms with Crippen LogP contribution < -0.4 is 20.3 Å². The predicted molar refractivity (Wildman–Crippen MR) is 123 cm³/mol. The van der Waals surface area contributed by atoms with E-state index in [-0.39, 0.29) is 18.3 Å². The summed E-state index contributed by atoms with van der Waals surface area (Å²) in [6.45, 7) is 3.78. The first-order valence-corrected chi connectivity index (χ1v) is 10.7. The van der Waals surface area contributed by atoms with Gasteiger partial charge in [-0.2, -0.15) is 4.98 Å². The summed E-state index contributed by atoms with van der Waals surface area (Å²) in [5.41, 5.74) is 2.41. The number of hydrogen-bond donors (Lipinski definition) is 2. The number of nitrogens with one attached hydrogen (secondary N) is 2. The van der Waals surface area contributed by atoms with E-state index in [2.05, 4.69) is 25.5 Å². The molecule has 0 saturated carbocycles. The summed E-state index contributed by atoms with van der Waals surface area (Å²) < 4.78 is 18.3. The SMILES string of the molecule is Cc1cc(Nc2ccc(NC(=O)COc3ccc(F)cc3)cc2)nc(N2CCCCC2)n1. The maximum atomic E-state index is 12.9. The minimum absolute atomic E-state index is 0.162. The molecule has 8 heteroatoms. The molecule has 0 spiro atoms. The first-order valence-electron chi connectivity index (χ1n) is 10.7. The number of ether oxygens (including phenoxy) is 1. The van der Waals surface area contributed by atoms with Crippen LogP contribution in [0.5, 0.6) is 5.75 Å². The Balaban J connectivity index is 1.33.